The minimum atomic E-state index is -1.09. The van der Waals surface area contributed by atoms with Crippen molar-refractivity contribution in [2.24, 2.45) is 23.7 Å². The summed E-state index contributed by atoms with van der Waals surface area (Å²) in [6, 6.07) is 4.77. The molecule has 0 unspecified atom stereocenters. The van der Waals surface area contributed by atoms with Crippen molar-refractivity contribution in [1.29, 1.82) is 0 Å². The van der Waals surface area contributed by atoms with Gasteiger partial charge in [-0.3, -0.25) is 0 Å². The molecule has 4 rings (SSSR count). The topological polar surface area (TPSA) is 9.23 Å². The fourth-order valence-corrected chi connectivity index (χ4v) is 6.30. The van der Waals surface area contributed by atoms with Crippen LogP contribution in [-0.2, 0) is 6.42 Å². The maximum atomic E-state index is 14.8. The fraction of sp³-hybridized carbons (Fsp3) is 0.655. The number of fused-ring (bicyclic) bond motifs is 1. The zero-order valence-corrected chi connectivity index (χ0v) is 20.3. The van der Waals surface area contributed by atoms with Crippen molar-refractivity contribution in [1.82, 2.24) is 0 Å². The smallest absolute Gasteiger partial charge is 0.175 e. The Morgan fingerprint density at radius 3 is 2.03 bits per heavy atom. The van der Waals surface area contributed by atoms with E-state index >= 15 is 0 Å². The monoisotopic (exact) mass is 460 g/mol. The average molecular weight is 461 g/mol. The Bertz CT molecular complexity index is 924. The van der Waals surface area contributed by atoms with Crippen LogP contribution in [0.1, 0.15) is 90.0 Å². The highest BCUT2D eigenvalue weighted by Crippen LogP contribution is 2.43. The van der Waals surface area contributed by atoms with E-state index in [9.17, 15) is 13.2 Å². The van der Waals surface area contributed by atoms with Crippen molar-refractivity contribution in [3.63, 3.8) is 0 Å². The van der Waals surface area contributed by atoms with Crippen LogP contribution in [0.5, 0.6) is 5.75 Å². The van der Waals surface area contributed by atoms with Gasteiger partial charge in [-0.05, 0) is 91.7 Å². The Balaban J connectivity index is 1.35. The standard InChI is InChI=1S/C29H39F3O/c1-3-17-33-25-16-15-23-18-24(27(30)29(32)26(23)28(25)31)14-9-20-7-12-22(13-8-20)21-10-5-19(4-2)6-11-21/h15-16,18-22H,3-14,17H2,1-2H3. The molecule has 0 N–H and O–H groups in total. The summed E-state index contributed by atoms with van der Waals surface area (Å²) in [5.74, 6) is 0.462. The van der Waals surface area contributed by atoms with Gasteiger partial charge in [0.25, 0.3) is 0 Å². The van der Waals surface area contributed by atoms with E-state index < -0.39 is 17.5 Å². The Morgan fingerprint density at radius 2 is 1.42 bits per heavy atom. The van der Waals surface area contributed by atoms with E-state index in [4.69, 9.17) is 4.74 Å². The number of benzene rings is 2. The van der Waals surface area contributed by atoms with E-state index in [1.165, 1.54) is 63.9 Å². The molecular weight excluding hydrogens is 421 g/mol. The summed E-state index contributed by atoms with van der Waals surface area (Å²) in [6.07, 6.45) is 14.0. The zero-order valence-electron chi connectivity index (χ0n) is 20.3. The van der Waals surface area contributed by atoms with Gasteiger partial charge in [-0.2, -0.15) is 0 Å². The highest BCUT2D eigenvalue weighted by molar-refractivity contribution is 5.86. The van der Waals surface area contributed by atoms with E-state index in [1.54, 1.807) is 12.1 Å². The van der Waals surface area contributed by atoms with Gasteiger partial charge in [0.2, 0.25) is 0 Å². The lowest BCUT2D eigenvalue weighted by Crippen LogP contribution is -2.25. The molecule has 2 saturated carbocycles. The predicted molar refractivity (Wildman–Crippen MR) is 129 cm³/mol. The third kappa shape index (κ3) is 5.52. The molecule has 2 aliphatic carbocycles. The van der Waals surface area contributed by atoms with Crippen LogP contribution >= 0.6 is 0 Å². The Hall–Kier alpha value is -1.71. The molecule has 0 aromatic heterocycles. The second-order valence-electron chi connectivity index (χ2n) is 10.5. The highest BCUT2D eigenvalue weighted by Gasteiger charge is 2.30. The maximum Gasteiger partial charge on any atom is 0.175 e. The summed E-state index contributed by atoms with van der Waals surface area (Å²) < 4.78 is 49.7. The molecule has 0 bridgehead atoms. The van der Waals surface area contributed by atoms with Crippen molar-refractivity contribution >= 4 is 10.8 Å². The van der Waals surface area contributed by atoms with Crippen molar-refractivity contribution in [2.45, 2.75) is 90.9 Å². The van der Waals surface area contributed by atoms with Gasteiger partial charge in [0.1, 0.15) is 0 Å². The van der Waals surface area contributed by atoms with Crippen LogP contribution in [0, 0.1) is 41.1 Å². The number of halogens is 3. The Labute approximate surface area is 197 Å². The molecular formula is C29H39F3O. The van der Waals surface area contributed by atoms with Crippen molar-refractivity contribution in [3.05, 3.63) is 41.2 Å². The van der Waals surface area contributed by atoms with Crippen LogP contribution in [0.3, 0.4) is 0 Å². The molecule has 0 amide bonds. The molecule has 0 atom stereocenters. The molecule has 0 radical (unpaired) electrons. The first-order valence-electron chi connectivity index (χ1n) is 13.2. The van der Waals surface area contributed by atoms with Crippen LogP contribution in [0.15, 0.2) is 18.2 Å². The SMILES string of the molecule is CCCOc1ccc2cc(CCC3CCC(C4CCC(CC)CC4)CC3)c(F)c(F)c2c1F. The summed E-state index contributed by atoms with van der Waals surface area (Å²) >= 11 is 0. The minimum Gasteiger partial charge on any atom is -0.491 e. The third-order valence-electron chi connectivity index (χ3n) is 8.47. The average Bonchev–Trinajstić information content (AvgIpc) is 2.85. The van der Waals surface area contributed by atoms with E-state index in [0.29, 0.717) is 29.9 Å². The molecule has 2 fully saturated rings. The van der Waals surface area contributed by atoms with Gasteiger partial charge in [0.15, 0.2) is 23.2 Å². The number of hydrogen-bond donors (Lipinski definition) is 0. The molecule has 2 aromatic rings. The zero-order chi connectivity index (χ0) is 23.4. The quantitative estimate of drug-likeness (QED) is 0.382. The van der Waals surface area contributed by atoms with Crippen LogP contribution in [0.4, 0.5) is 13.2 Å². The fourth-order valence-electron chi connectivity index (χ4n) is 6.30. The van der Waals surface area contributed by atoms with Crippen LogP contribution in [-0.4, -0.2) is 6.61 Å². The third-order valence-corrected chi connectivity index (χ3v) is 8.47. The van der Waals surface area contributed by atoms with Gasteiger partial charge in [-0.15, -0.1) is 0 Å². The lowest BCUT2D eigenvalue weighted by molar-refractivity contribution is 0.142. The number of ether oxygens (including phenoxy) is 1. The second-order valence-corrected chi connectivity index (χ2v) is 10.5. The van der Waals surface area contributed by atoms with Gasteiger partial charge < -0.3 is 4.74 Å². The summed E-state index contributed by atoms with van der Waals surface area (Å²) in [5.41, 5.74) is 0.363. The van der Waals surface area contributed by atoms with Gasteiger partial charge in [-0.25, -0.2) is 13.2 Å². The van der Waals surface area contributed by atoms with E-state index in [1.807, 2.05) is 6.92 Å². The minimum absolute atomic E-state index is 0.0182. The molecule has 1 nitrogen and oxygen atoms in total. The van der Waals surface area contributed by atoms with Gasteiger partial charge in [-0.1, -0.05) is 52.0 Å². The predicted octanol–water partition coefficient (Wildman–Crippen LogP) is 9.00. The first-order valence-corrected chi connectivity index (χ1v) is 13.2. The van der Waals surface area contributed by atoms with Gasteiger partial charge in [0.05, 0.1) is 12.0 Å². The summed E-state index contributed by atoms with van der Waals surface area (Å²) in [5, 5.41) is 0.0970. The molecule has 0 aliphatic heterocycles. The Morgan fingerprint density at radius 1 is 0.788 bits per heavy atom. The molecule has 33 heavy (non-hydrogen) atoms. The lowest BCUT2D eigenvalue weighted by atomic mass is 9.68. The summed E-state index contributed by atoms with van der Waals surface area (Å²) in [6.45, 7) is 4.57. The maximum absolute atomic E-state index is 14.8. The normalized spacial score (nSPS) is 26.0. The molecule has 2 aliphatic rings. The van der Waals surface area contributed by atoms with E-state index in [2.05, 4.69) is 6.92 Å². The van der Waals surface area contributed by atoms with Gasteiger partial charge in [0, 0.05) is 0 Å². The Kier molecular flexibility index (Phi) is 8.24. The van der Waals surface area contributed by atoms with Crippen LogP contribution in [0.25, 0.3) is 10.8 Å². The molecule has 2 aromatic carbocycles. The second kappa shape index (κ2) is 11.1. The van der Waals surface area contributed by atoms with Crippen molar-refractivity contribution < 1.29 is 17.9 Å². The molecule has 0 saturated heterocycles. The van der Waals surface area contributed by atoms with E-state index in [0.717, 1.165) is 30.6 Å². The number of hydrogen-bond acceptors (Lipinski definition) is 1. The molecule has 0 heterocycles. The van der Waals surface area contributed by atoms with Crippen LogP contribution < -0.4 is 4.74 Å². The largest absolute Gasteiger partial charge is 0.491 e. The van der Waals surface area contributed by atoms with Gasteiger partial charge >= 0.3 is 0 Å². The number of aryl methyl sites for hydroxylation is 1. The number of rotatable bonds is 8. The van der Waals surface area contributed by atoms with E-state index in [-0.39, 0.29) is 11.1 Å². The molecule has 182 valence electrons. The summed E-state index contributed by atoms with van der Waals surface area (Å²) in [7, 11) is 0. The first kappa shape index (κ1) is 24.4. The molecule has 4 heteroatoms. The molecule has 0 spiro atoms. The van der Waals surface area contributed by atoms with Crippen LogP contribution in [0.2, 0.25) is 0 Å². The lowest BCUT2D eigenvalue weighted by Gasteiger charge is -2.37. The van der Waals surface area contributed by atoms with Crippen molar-refractivity contribution in [3.8, 4) is 5.75 Å². The van der Waals surface area contributed by atoms with Crippen molar-refractivity contribution in [2.75, 3.05) is 6.61 Å². The summed E-state index contributed by atoms with van der Waals surface area (Å²) in [4.78, 5) is 0. The highest BCUT2D eigenvalue weighted by atomic mass is 19.2. The first-order chi connectivity index (χ1) is 16.0.